The monoisotopic (exact) mass is 312 g/mol. The van der Waals surface area contributed by atoms with E-state index in [0.717, 1.165) is 18.0 Å². The Morgan fingerprint density at radius 3 is 3.00 bits per heavy atom. The van der Waals surface area contributed by atoms with E-state index in [-0.39, 0.29) is 18.4 Å². The van der Waals surface area contributed by atoms with Crippen LogP contribution in [-0.4, -0.2) is 43.5 Å². The summed E-state index contributed by atoms with van der Waals surface area (Å²) < 4.78 is 2.02. The van der Waals surface area contributed by atoms with E-state index in [1.807, 2.05) is 11.5 Å². The van der Waals surface area contributed by atoms with E-state index >= 15 is 0 Å². The Morgan fingerprint density at radius 2 is 2.33 bits per heavy atom. The van der Waals surface area contributed by atoms with E-state index in [0.29, 0.717) is 24.6 Å². The molecule has 1 saturated carbocycles. The van der Waals surface area contributed by atoms with Crippen molar-refractivity contribution in [1.82, 2.24) is 20.1 Å². The normalized spacial score (nSPS) is 15.7. The van der Waals surface area contributed by atoms with Gasteiger partial charge in [-0.15, -0.1) is 10.2 Å². The predicted molar refractivity (Wildman–Crippen MR) is 78.1 cm³/mol. The lowest BCUT2D eigenvalue weighted by Gasteiger charge is -2.13. The SMILES string of the molecule is CC(CCCC(=O)O)NC(=O)CSc1nncn1C1CC1. The van der Waals surface area contributed by atoms with Crippen molar-refractivity contribution in [2.45, 2.75) is 56.3 Å². The second kappa shape index (κ2) is 7.44. The molecule has 0 spiro atoms. The number of hydrogen-bond donors (Lipinski definition) is 2. The van der Waals surface area contributed by atoms with Crippen LogP contribution in [0, 0.1) is 0 Å². The third kappa shape index (κ3) is 5.37. The molecule has 0 aromatic carbocycles. The number of aliphatic carboxylic acids is 1. The number of nitrogens with zero attached hydrogens (tertiary/aromatic N) is 3. The highest BCUT2D eigenvalue weighted by atomic mass is 32.2. The number of nitrogens with one attached hydrogen (secondary N) is 1. The standard InChI is InChI=1S/C13H20N4O3S/c1-9(3-2-4-12(19)20)15-11(18)7-21-13-16-14-8-17(13)10-5-6-10/h8-10H,2-7H2,1H3,(H,15,18)(H,19,20). The maximum Gasteiger partial charge on any atom is 0.303 e. The summed E-state index contributed by atoms with van der Waals surface area (Å²) in [7, 11) is 0. The van der Waals surface area contributed by atoms with Crippen molar-refractivity contribution < 1.29 is 14.7 Å². The first kappa shape index (κ1) is 15.8. The summed E-state index contributed by atoms with van der Waals surface area (Å²) in [6, 6.07) is 0.485. The molecule has 1 amide bonds. The molecule has 2 N–H and O–H groups in total. The summed E-state index contributed by atoms with van der Waals surface area (Å²) in [6.45, 7) is 1.89. The molecule has 116 valence electrons. The fraction of sp³-hybridized carbons (Fsp3) is 0.692. The first-order valence-electron chi connectivity index (χ1n) is 7.09. The van der Waals surface area contributed by atoms with Gasteiger partial charge in [-0.1, -0.05) is 11.8 Å². The van der Waals surface area contributed by atoms with Crippen LogP contribution < -0.4 is 5.32 Å². The Balaban J connectivity index is 1.67. The van der Waals surface area contributed by atoms with Gasteiger partial charge in [-0.05, 0) is 32.6 Å². The highest BCUT2D eigenvalue weighted by Crippen LogP contribution is 2.37. The maximum absolute atomic E-state index is 11.8. The van der Waals surface area contributed by atoms with Gasteiger partial charge < -0.3 is 15.0 Å². The van der Waals surface area contributed by atoms with Crippen LogP contribution in [0.4, 0.5) is 0 Å². The van der Waals surface area contributed by atoms with Crippen LogP contribution in [-0.2, 0) is 9.59 Å². The molecule has 1 aliphatic carbocycles. The van der Waals surface area contributed by atoms with Crippen LogP contribution in [0.3, 0.4) is 0 Å². The number of aromatic nitrogens is 3. The average molecular weight is 312 g/mol. The van der Waals surface area contributed by atoms with Crippen LogP contribution in [0.5, 0.6) is 0 Å². The van der Waals surface area contributed by atoms with Crippen molar-refractivity contribution in [2.75, 3.05) is 5.75 Å². The fourth-order valence-corrected chi connectivity index (χ4v) is 2.81. The van der Waals surface area contributed by atoms with Crippen LogP contribution in [0.25, 0.3) is 0 Å². The van der Waals surface area contributed by atoms with E-state index in [2.05, 4.69) is 15.5 Å². The minimum absolute atomic E-state index is 0.0150. The second-order valence-corrected chi connectivity index (χ2v) is 6.24. The van der Waals surface area contributed by atoms with Gasteiger partial charge in [0.15, 0.2) is 5.16 Å². The van der Waals surface area contributed by atoms with Gasteiger partial charge in [-0.3, -0.25) is 9.59 Å². The summed E-state index contributed by atoms with van der Waals surface area (Å²) in [6.07, 6.45) is 5.39. The molecular formula is C13H20N4O3S. The highest BCUT2D eigenvalue weighted by molar-refractivity contribution is 7.99. The van der Waals surface area contributed by atoms with Crippen molar-refractivity contribution in [3.8, 4) is 0 Å². The number of carbonyl (C=O) groups is 2. The van der Waals surface area contributed by atoms with E-state index in [4.69, 9.17) is 5.11 Å². The van der Waals surface area contributed by atoms with Crippen LogP contribution >= 0.6 is 11.8 Å². The smallest absolute Gasteiger partial charge is 0.303 e. The molecule has 1 unspecified atom stereocenters. The molecule has 1 atom stereocenters. The van der Waals surface area contributed by atoms with Gasteiger partial charge in [0.1, 0.15) is 6.33 Å². The van der Waals surface area contributed by atoms with Crippen molar-refractivity contribution >= 4 is 23.6 Å². The van der Waals surface area contributed by atoms with Gasteiger partial charge in [0, 0.05) is 18.5 Å². The topological polar surface area (TPSA) is 97.1 Å². The van der Waals surface area contributed by atoms with Crippen molar-refractivity contribution in [2.24, 2.45) is 0 Å². The molecule has 1 aromatic heterocycles. The summed E-state index contributed by atoms with van der Waals surface area (Å²) in [5.74, 6) is -0.564. The lowest BCUT2D eigenvalue weighted by atomic mass is 10.1. The molecule has 0 aliphatic heterocycles. The fourth-order valence-electron chi connectivity index (χ4n) is 2.02. The zero-order valence-electron chi connectivity index (χ0n) is 12.0. The average Bonchev–Trinajstić information content (AvgIpc) is 3.15. The number of carboxylic acid groups (broad SMARTS) is 1. The van der Waals surface area contributed by atoms with Crippen LogP contribution in [0.1, 0.15) is 45.1 Å². The molecule has 0 bridgehead atoms. The summed E-state index contributed by atoms with van der Waals surface area (Å²) in [4.78, 5) is 22.3. The zero-order chi connectivity index (χ0) is 15.2. The predicted octanol–water partition coefficient (Wildman–Crippen LogP) is 1.46. The van der Waals surface area contributed by atoms with E-state index < -0.39 is 5.97 Å². The Bertz CT molecular complexity index is 501. The van der Waals surface area contributed by atoms with Crippen molar-refractivity contribution in [3.05, 3.63) is 6.33 Å². The molecule has 0 saturated heterocycles. The Labute approximate surface area is 127 Å². The van der Waals surface area contributed by atoms with Crippen molar-refractivity contribution in [3.63, 3.8) is 0 Å². The third-order valence-electron chi connectivity index (χ3n) is 3.25. The van der Waals surface area contributed by atoms with Gasteiger partial charge in [-0.2, -0.15) is 0 Å². The number of amides is 1. The minimum Gasteiger partial charge on any atom is -0.481 e. The van der Waals surface area contributed by atoms with Crippen molar-refractivity contribution in [1.29, 1.82) is 0 Å². The lowest BCUT2D eigenvalue weighted by Crippen LogP contribution is -2.33. The highest BCUT2D eigenvalue weighted by Gasteiger charge is 2.26. The van der Waals surface area contributed by atoms with Gasteiger partial charge in [0.05, 0.1) is 5.75 Å². The van der Waals surface area contributed by atoms with E-state index in [1.54, 1.807) is 6.33 Å². The molecule has 2 rings (SSSR count). The quantitative estimate of drug-likeness (QED) is 0.670. The molecule has 1 heterocycles. The van der Waals surface area contributed by atoms with E-state index in [9.17, 15) is 9.59 Å². The Hall–Kier alpha value is -1.57. The Morgan fingerprint density at radius 1 is 1.57 bits per heavy atom. The molecule has 1 aliphatic rings. The molecule has 0 radical (unpaired) electrons. The summed E-state index contributed by atoms with van der Waals surface area (Å²) in [5.41, 5.74) is 0. The zero-order valence-corrected chi connectivity index (χ0v) is 12.8. The first-order valence-corrected chi connectivity index (χ1v) is 8.08. The summed E-state index contributed by atoms with van der Waals surface area (Å²) >= 11 is 1.38. The molecule has 21 heavy (non-hydrogen) atoms. The van der Waals surface area contributed by atoms with Gasteiger partial charge in [0.25, 0.3) is 0 Å². The van der Waals surface area contributed by atoms with Crippen LogP contribution in [0.15, 0.2) is 11.5 Å². The Kier molecular flexibility index (Phi) is 5.60. The van der Waals surface area contributed by atoms with Crippen LogP contribution in [0.2, 0.25) is 0 Å². The van der Waals surface area contributed by atoms with Gasteiger partial charge in [0.2, 0.25) is 5.91 Å². The third-order valence-corrected chi connectivity index (χ3v) is 4.21. The molecule has 1 fully saturated rings. The number of carboxylic acids is 1. The maximum atomic E-state index is 11.8. The minimum atomic E-state index is -0.802. The lowest BCUT2D eigenvalue weighted by molar-refractivity contribution is -0.137. The number of carbonyl (C=O) groups excluding carboxylic acids is 1. The molecule has 8 heteroatoms. The second-order valence-electron chi connectivity index (χ2n) is 5.30. The molecule has 7 nitrogen and oxygen atoms in total. The summed E-state index contributed by atoms with van der Waals surface area (Å²) in [5, 5.41) is 20.1. The molecule has 1 aromatic rings. The number of thioether (sulfide) groups is 1. The van der Waals surface area contributed by atoms with Gasteiger partial charge >= 0.3 is 5.97 Å². The first-order chi connectivity index (χ1) is 10.1. The number of rotatable bonds is 9. The van der Waals surface area contributed by atoms with Gasteiger partial charge in [-0.25, -0.2) is 0 Å². The largest absolute Gasteiger partial charge is 0.481 e. The molecular weight excluding hydrogens is 292 g/mol. The van der Waals surface area contributed by atoms with E-state index in [1.165, 1.54) is 11.8 Å². The number of hydrogen-bond acceptors (Lipinski definition) is 5.